The third-order valence-corrected chi connectivity index (χ3v) is 10.1. The topological polar surface area (TPSA) is 89.9 Å². The number of nitrogens with zero attached hydrogens (tertiary/aromatic N) is 1. The number of aliphatic hydroxyl groups is 2. The van der Waals surface area contributed by atoms with Crippen LogP contribution in [-0.2, 0) is 16.0 Å². The number of hydrogen-bond donors (Lipinski definition) is 3. The summed E-state index contributed by atoms with van der Waals surface area (Å²) < 4.78 is 0. The van der Waals surface area contributed by atoms with Crippen molar-refractivity contribution in [3.8, 4) is 0 Å². The normalized spacial score (nSPS) is 40.4. The molecule has 190 valence electrons. The summed E-state index contributed by atoms with van der Waals surface area (Å²) in [6.07, 6.45) is 8.97. The van der Waals surface area contributed by atoms with Gasteiger partial charge in [0.25, 0.3) is 0 Å². The molecule has 4 bridgehead atoms. The average molecular weight is 501 g/mol. The molecule has 6 nitrogen and oxygen atoms in total. The van der Waals surface area contributed by atoms with Crippen molar-refractivity contribution in [1.29, 1.82) is 0 Å². The molecule has 3 atom stereocenters. The SMILES string of the molecule is O=C(Nc1ccc(CC2CCN(C3C4CC5CC3CC(O)(C5)C4)C2=O)c(Cl)c1)C1CCC(O)CC1. The monoisotopic (exact) mass is 500 g/mol. The molecular formula is C28H37ClN2O4. The van der Waals surface area contributed by atoms with Gasteiger partial charge in [0.15, 0.2) is 0 Å². The first kappa shape index (κ1) is 23.7. The van der Waals surface area contributed by atoms with Gasteiger partial charge in [-0.15, -0.1) is 0 Å². The Hall–Kier alpha value is -1.63. The van der Waals surface area contributed by atoms with E-state index in [9.17, 15) is 19.8 Å². The predicted molar refractivity (Wildman–Crippen MR) is 134 cm³/mol. The largest absolute Gasteiger partial charge is 0.393 e. The molecule has 6 fully saturated rings. The quantitative estimate of drug-likeness (QED) is 0.566. The lowest BCUT2D eigenvalue weighted by Gasteiger charge is -2.59. The van der Waals surface area contributed by atoms with Crippen LogP contribution in [0.4, 0.5) is 5.69 Å². The number of halogens is 1. The van der Waals surface area contributed by atoms with E-state index in [4.69, 9.17) is 11.6 Å². The Bertz CT molecular complexity index is 991. The van der Waals surface area contributed by atoms with Crippen molar-refractivity contribution in [2.45, 2.75) is 88.4 Å². The van der Waals surface area contributed by atoms with E-state index in [0.717, 1.165) is 37.8 Å². The van der Waals surface area contributed by atoms with Crippen LogP contribution < -0.4 is 5.32 Å². The fourth-order valence-corrected chi connectivity index (χ4v) is 8.61. The fraction of sp³-hybridized carbons (Fsp3) is 0.714. The summed E-state index contributed by atoms with van der Waals surface area (Å²) in [7, 11) is 0. The van der Waals surface area contributed by atoms with Crippen LogP contribution in [0.25, 0.3) is 0 Å². The van der Waals surface area contributed by atoms with Gasteiger partial charge in [-0.3, -0.25) is 9.59 Å². The zero-order chi connectivity index (χ0) is 24.3. The summed E-state index contributed by atoms with van der Waals surface area (Å²) in [5, 5.41) is 24.1. The van der Waals surface area contributed by atoms with Crippen molar-refractivity contribution < 1.29 is 19.8 Å². The molecular weight excluding hydrogens is 464 g/mol. The van der Waals surface area contributed by atoms with Crippen molar-refractivity contribution in [3.05, 3.63) is 28.8 Å². The molecule has 6 aliphatic rings. The third-order valence-electron chi connectivity index (χ3n) is 9.76. The van der Waals surface area contributed by atoms with E-state index in [-0.39, 0.29) is 29.8 Å². The maximum Gasteiger partial charge on any atom is 0.227 e. The molecule has 0 spiro atoms. The first-order valence-corrected chi connectivity index (χ1v) is 14.0. The molecule has 2 amide bonds. The molecule has 1 heterocycles. The lowest BCUT2D eigenvalue weighted by molar-refractivity contribution is -0.168. The van der Waals surface area contributed by atoms with Crippen molar-refractivity contribution in [2.75, 3.05) is 11.9 Å². The standard InChI is InChI=1S/C28H37ClN2O4/c29-24-12-22(30-26(33)17-2-5-23(32)6-3-17)4-1-18(24)11-19-7-8-31(27(19)34)25-20-9-16-10-21(25)15-28(35,13-16)14-20/h1,4,12,16-17,19-21,23,25,32,35H,2-3,5-11,13-15H2,(H,30,33). The molecule has 1 saturated heterocycles. The summed E-state index contributed by atoms with van der Waals surface area (Å²) in [6.45, 7) is 0.812. The van der Waals surface area contributed by atoms with Crippen molar-refractivity contribution in [1.82, 2.24) is 4.90 Å². The molecule has 3 N–H and O–H groups in total. The highest BCUT2D eigenvalue weighted by atomic mass is 35.5. The molecule has 7 heteroatoms. The highest BCUT2D eigenvalue weighted by Crippen LogP contribution is 2.57. The third kappa shape index (κ3) is 4.51. The number of rotatable bonds is 5. The van der Waals surface area contributed by atoms with Gasteiger partial charge in [-0.25, -0.2) is 0 Å². The Morgan fingerprint density at radius 3 is 2.46 bits per heavy atom. The summed E-state index contributed by atoms with van der Waals surface area (Å²) >= 11 is 6.61. The number of carbonyl (C=O) groups excluding carboxylic acids is 2. The summed E-state index contributed by atoms with van der Waals surface area (Å²) in [6, 6.07) is 5.92. The lowest BCUT2D eigenvalue weighted by Crippen LogP contribution is -2.62. The highest BCUT2D eigenvalue weighted by Gasteiger charge is 2.57. The Balaban J connectivity index is 1.08. The van der Waals surface area contributed by atoms with E-state index < -0.39 is 5.60 Å². The minimum Gasteiger partial charge on any atom is -0.393 e. The van der Waals surface area contributed by atoms with Crippen LogP contribution >= 0.6 is 11.6 Å². The van der Waals surface area contributed by atoms with Gasteiger partial charge in [0.2, 0.25) is 11.8 Å². The van der Waals surface area contributed by atoms with Gasteiger partial charge in [0.1, 0.15) is 0 Å². The molecule has 5 saturated carbocycles. The van der Waals surface area contributed by atoms with E-state index in [0.29, 0.717) is 66.6 Å². The molecule has 1 aliphatic heterocycles. The Morgan fingerprint density at radius 1 is 1.09 bits per heavy atom. The fourth-order valence-electron chi connectivity index (χ4n) is 8.35. The lowest BCUT2D eigenvalue weighted by atomic mass is 9.52. The van der Waals surface area contributed by atoms with Crippen LogP contribution in [0, 0.1) is 29.6 Å². The highest BCUT2D eigenvalue weighted by molar-refractivity contribution is 6.31. The number of hydrogen-bond acceptors (Lipinski definition) is 4. The minimum atomic E-state index is -0.474. The first-order valence-electron chi connectivity index (χ1n) is 13.6. The maximum atomic E-state index is 13.5. The van der Waals surface area contributed by atoms with Gasteiger partial charge >= 0.3 is 0 Å². The number of likely N-dealkylation sites (tertiary alicyclic amines) is 1. The smallest absolute Gasteiger partial charge is 0.227 e. The van der Waals surface area contributed by atoms with Crippen LogP contribution in [0.2, 0.25) is 5.02 Å². The van der Waals surface area contributed by atoms with Crippen LogP contribution in [-0.4, -0.2) is 51.2 Å². The summed E-state index contributed by atoms with van der Waals surface area (Å²) in [5.41, 5.74) is 1.16. The molecule has 0 radical (unpaired) electrons. The van der Waals surface area contributed by atoms with Crippen LogP contribution in [0.3, 0.4) is 0 Å². The molecule has 1 aromatic carbocycles. The van der Waals surface area contributed by atoms with E-state index in [1.807, 2.05) is 12.1 Å². The number of carbonyl (C=O) groups is 2. The second-order valence-corrected chi connectivity index (χ2v) is 12.6. The molecule has 35 heavy (non-hydrogen) atoms. The predicted octanol–water partition coefficient (Wildman–Crippen LogP) is 4.16. The molecule has 7 rings (SSSR count). The number of aliphatic hydroxyl groups excluding tert-OH is 1. The van der Waals surface area contributed by atoms with Crippen molar-refractivity contribution in [3.63, 3.8) is 0 Å². The zero-order valence-corrected chi connectivity index (χ0v) is 21.1. The Labute approximate surface area is 212 Å². The number of nitrogens with one attached hydrogen (secondary N) is 1. The summed E-state index contributed by atoms with van der Waals surface area (Å²) in [4.78, 5) is 28.2. The van der Waals surface area contributed by atoms with Crippen LogP contribution in [0.1, 0.15) is 69.8 Å². The number of amides is 2. The van der Waals surface area contributed by atoms with Gasteiger partial charge < -0.3 is 20.4 Å². The van der Waals surface area contributed by atoms with Gasteiger partial charge in [-0.2, -0.15) is 0 Å². The van der Waals surface area contributed by atoms with Gasteiger partial charge in [-0.1, -0.05) is 17.7 Å². The van der Waals surface area contributed by atoms with Gasteiger partial charge in [-0.05, 0) is 106 Å². The van der Waals surface area contributed by atoms with Crippen LogP contribution in [0.15, 0.2) is 18.2 Å². The summed E-state index contributed by atoms with van der Waals surface area (Å²) in [5.74, 6) is 1.67. The van der Waals surface area contributed by atoms with E-state index >= 15 is 0 Å². The Kier molecular flexibility index (Phi) is 6.13. The second kappa shape index (κ2) is 9.04. The minimum absolute atomic E-state index is 0.0114. The number of benzene rings is 1. The average Bonchev–Trinajstić information content (AvgIpc) is 3.14. The Morgan fingerprint density at radius 2 is 1.80 bits per heavy atom. The second-order valence-electron chi connectivity index (χ2n) is 12.2. The van der Waals surface area contributed by atoms with Gasteiger partial charge in [0.05, 0.1) is 11.7 Å². The van der Waals surface area contributed by atoms with Crippen LogP contribution in [0.5, 0.6) is 0 Å². The van der Waals surface area contributed by atoms with Gasteiger partial charge in [0, 0.05) is 35.1 Å². The van der Waals surface area contributed by atoms with Crippen molar-refractivity contribution in [2.24, 2.45) is 29.6 Å². The van der Waals surface area contributed by atoms with Crippen molar-refractivity contribution >= 4 is 29.1 Å². The van der Waals surface area contributed by atoms with E-state index in [1.54, 1.807) is 6.07 Å². The van der Waals surface area contributed by atoms with E-state index in [2.05, 4.69) is 10.2 Å². The molecule has 1 aromatic rings. The van der Waals surface area contributed by atoms with E-state index in [1.165, 1.54) is 12.8 Å². The number of anilines is 1. The maximum absolute atomic E-state index is 13.5. The zero-order valence-electron chi connectivity index (χ0n) is 20.3. The first-order chi connectivity index (χ1) is 16.8. The molecule has 3 unspecified atom stereocenters. The molecule has 5 aliphatic carbocycles. The molecule has 0 aromatic heterocycles.